The number of nitrogens with zero attached hydrogens (tertiary/aromatic N) is 1. The Labute approximate surface area is 517 Å². The summed E-state index contributed by atoms with van der Waals surface area (Å²) in [5.74, 6) is -0.822. The molecule has 0 aromatic heterocycles. The van der Waals surface area contributed by atoms with Crippen LogP contribution in [0.3, 0.4) is 0 Å². The molecular weight excluding hydrogens is 1060 g/mol. The predicted octanol–water partition coefficient (Wildman–Crippen LogP) is 22.0. The van der Waals surface area contributed by atoms with Crippen LogP contribution >= 0.6 is 7.82 Å². The summed E-state index contributed by atoms with van der Waals surface area (Å²) in [5, 5.41) is 0. The zero-order chi connectivity index (χ0) is 61.2. The molecule has 0 radical (unpaired) electrons. The Morgan fingerprint density at radius 3 is 1.01 bits per heavy atom. The monoisotopic (exact) mass is 1190 g/mol. The van der Waals surface area contributed by atoms with Crippen LogP contribution < -0.4 is 0 Å². The smallest absolute Gasteiger partial charge is 0.462 e. The maximum Gasteiger partial charge on any atom is 0.472 e. The fourth-order valence-electron chi connectivity index (χ4n) is 8.98. The van der Waals surface area contributed by atoms with Gasteiger partial charge in [-0.15, -0.1) is 0 Å². The molecule has 0 saturated carbocycles. The van der Waals surface area contributed by atoms with Crippen molar-refractivity contribution in [1.82, 2.24) is 0 Å². The van der Waals surface area contributed by atoms with Crippen molar-refractivity contribution in [1.29, 1.82) is 0 Å². The van der Waals surface area contributed by atoms with Crippen molar-refractivity contribution in [3.8, 4) is 0 Å². The first-order valence-corrected chi connectivity index (χ1v) is 35.4. The van der Waals surface area contributed by atoms with Crippen LogP contribution in [-0.4, -0.2) is 74.9 Å². The number of carbonyl (C=O) groups is 2. The molecule has 0 amide bonds. The second-order valence-corrected chi connectivity index (χ2v) is 24.9. The highest BCUT2D eigenvalue weighted by atomic mass is 31.2. The highest BCUT2D eigenvalue weighted by molar-refractivity contribution is 7.47. The number of rotatable bonds is 61. The van der Waals surface area contributed by atoms with Crippen LogP contribution in [0.4, 0.5) is 0 Å². The molecular formula is C74H127NO8P+. The lowest BCUT2D eigenvalue weighted by Gasteiger charge is -2.24. The van der Waals surface area contributed by atoms with E-state index in [1.54, 1.807) is 0 Å². The molecule has 0 aliphatic carbocycles. The van der Waals surface area contributed by atoms with Crippen molar-refractivity contribution in [2.75, 3.05) is 47.5 Å². The Morgan fingerprint density at radius 2 is 0.679 bits per heavy atom. The molecule has 1 N–H and O–H groups in total. The molecule has 0 rings (SSSR count). The van der Waals surface area contributed by atoms with Crippen molar-refractivity contribution >= 4 is 19.8 Å². The minimum Gasteiger partial charge on any atom is -0.462 e. The van der Waals surface area contributed by atoms with Gasteiger partial charge in [-0.05, 0) is 116 Å². The van der Waals surface area contributed by atoms with Gasteiger partial charge in [0.1, 0.15) is 19.8 Å². The molecule has 0 aliphatic rings. The lowest BCUT2D eigenvalue weighted by Crippen LogP contribution is -2.37. The first kappa shape index (κ1) is 80.2. The molecule has 9 nitrogen and oxygen atoms in total. The van der Waals surface area contributed by atoms with E-state index in [0.717, 1.165) is 116 Å². The van der Waals surface area contributed by atoms with Gasteiger partial charge in [0.25, 0.3) is 0 Å². The third kappa shape index (κ3) is 67.3. The van der Waals surface area contributed by atoms with E-state index in [-0.39, 0.29) is 32.0 Å². The van der Waals surface area contributed by atoms with E-state index >= 15 is 0 Å². The van der Waals surface area contributed by atoms with Gasteiger partial charge in [-0.3, -0.25) is 18.6 Å². The van der Waals surface area contributed by atoms with Crippen molar-refractivity contribution in [2.45, 2.75) is 277 Å². The van der Waals surface area contributed by atoms with E-state index in [1.165, 1.54) is 122 Å². The van der Waals surface area contributed by atoms with E-state index in [9.17, 15) is 19.0 Å². The van der Waals surface area contributed by atoms with Crippen LogP contribution in [-0.2, 0) is 32.7 Å². The Hall–Kier alpha value is -3.85. The molecule has 2 unspecified atom stereocenters. The van der Waals surface area contributed by atoms with Gasteiger partial charge in [0, 0.05) is 12.8 Å². The Kier molecular flexibility index (Phi) is 60.7. The van der Waals surface area contributed by atoms with Gasteiger partial charge in [0.05, 0.1) is 27.7 Å². The Balaban J connectivity index is 4.17. The molecule has 0 aliphatic heterocycles. The summed E-state index contributed by atoms with van der Waals surface area (Å²) < 4.78 is 34.7. The number of phosphoric acid groups is 1. The third-order valence-corrected chi connectivity index (χ3v) is 15.1. The predicted molar refractivity (Wildman–Crippen MR) is 362 cm³/mol. The average Bonchev–Trinajstić information content (AvgIpc) is 3.61. The maximum atomic E-state index is 12.9. The zero-order valence-corrected chi connectivity index (χ0v) is 55.5. The first-order chi connectivity index (χ1) is 41.0. The van der Waals surface area contributed by atoms with Gasteiger partial charge in [-0.25, -0.2) is 4.57 Å². The molecule has 84 heavy (non-hydrogen) atoms. The molecule has 0 bridgehead atoms. The van der Waals surface area contributed by atoms with Crippen molar-refractivity contribution < 1.29 is 42.1 Å². The van der Waals surface area contributed by atoms with Crippen LogP contribution in [0.15, 0.2) is 134 Å². The van der Waals surface area contributed by atoms with Crippen LogP contribution in [0.5, 0.6) is 0 Å². The lowest BCUT2D eigenvalue weighted by molar-refractivity contribution is -0.870. The van der Waals surface area contributed by atoms with Gasteiger partial charge in [0.2, 0.25) is 0 Å². The normalized spacial score (nSPS) is 14.0. The van der Waals surface area contributed by atoms with E-state index in [1.807, 2.05) is 21.1 Å². The van der Waals surface area contributed by atoms with Crippen LogP contribution in [0.1, 0.15) is 271 Å². The number of quaternary nitrogens is 1. The quantitative estimate of drug-likeness (QED) is 0.0211. The van der Waals surface area contributed by atoms with Gasteiger partial charge < -0.3 is 18.9 Å². The summed E-state index contributed by atoms with van der Waals surface area (Å²) in [6.45, 7) is 4.29. The molecule has 0 aromatic rings. The SMILES string of the molecule is CC/C=C\C/C=C\C/C=C\C/C=C\C/C=C\C/C=C\C/C=C\C/C=C\C/C=C\CCCCCCCC(=O)OC(COC(=O)CCCCCCCCCCCCCCCCC/C=C\C/C=C\CCCCCCC)COP(=O)(O)OCC[N+](C)(C)C. The third-order valence-electron chi connectivity index (χ3n) is 14.2. The number of likely N-dealkylation sites (N-methyl/N-ethyl adjacent to an activating group) is 1. The van der Waals surface area contributed by atoms with Crippen molar-refractivity contribution in [3.63, 3.8) is 0 Å². The number of hydrogen-bond donors (Lipinski definition) is 1. The highest BCUT2D eigenvalue weighted by Crippen LogP contribution is 2.43. The fraction of sp³-hybridized carbons (Fsp3) is 0.676. The van der Waals surface area contributed by atoms with Gasteiger partial charge in [-0.2, -0.15) is 0 Å². The molecule has 480 valence electrons. The Morgan fingerprint density at radius 1 is 0.381 bits per heavy atom. The number of ether oxygens (including phenoxy) is 2. The molecule has 0 spiro atoms. The van der Waals surface area contributed by atoms with Crippen LogP contribution in [0.25, 0.3) is 0 Å². The zero-order valence-electron chi connectivity index (χ0n) is 54.6. The average molecular weight is 1190 g/mol. The molecule has 0 saturated heterocycles. The largest absolute Gasteiger partial charge is 0.472 e. The molecule has 0 fully saturated rings. The minimum absolute atomic E-state index is 0.0212. The van der Waals surface area contributed by atoms with Gasteiger partial charge >= 0.3 is 19.8 Å². The second-order valence-electron chi connectivity index (χ2n) is 23.5. The highest BCUT2D eigenvalue weighted by Gasteiger charge is 2.27. The van der Waals surface area contributed by atoms with E-state index in [0.29, 0.717) is 17.4 Å². The fourth-order valence-corrected chi connectivity index (χ4v) is 9.72. The molecule has 0 heterocycles. The van der Waals surface area contributed by atoms with Crippen LogP contribution in [0.2, 0.25) is 0 Å². The maximum absolute atomic E-state index is 12.9. The van der Waals surface area contributed by atoms with Gasteiger partial charge in [0.15, 0.2) is 6.10 Å². The number of hydrogen-bond acceptors (Lipinski definition) is 7. The van der Waals surface area contributed by atoms with Crippen molar-refractivity contribution in [3.05, 3.63) is 134 Å². The topological polar surface area (TPSA) is 108 Å². The number of unbranched alkanes of at least 4 members (excludes halogenated alkanes) is 25. The number of phosphoric ester groups is 1. The lowest BCUT2D eigenvalue weighted by atomic mass is 10.0. The number of esters is 2. The summed E-state index contributed by atoms with van der Waals surface area (Å²) in [6.07, 6.45) is 92.5. The summed E-state index contributed by atoms with van der Waals surface area (Å²) >= 11 is 0. The van der Waals surface area contributed by atoms with E-state index in [2.05, 4.69) is 148 Å². The number of carbonyl (C=O) groups excluding carboxylic acids is 2. The summed E-state index contributed by atoms with van der Waals surface area (Å²) in [7, 11) is 1.45. The van der Waals surface area contributed by atoms with E-state index in [4.69, 9.17) is 18.5 Å². The van der Waals surface area contributed by atoms with Crippen molar-refractivity contribution in [2.24, 2.45) is 0 Å². The van der Waals surface area contributed by atoms with Crippen LogP contribution in [0, 0.1) is 0 Å². The first-order valence-electron chi connectivity index (χ1n) is 33.9. The van der Waals surface area contributed by atoms with Gasteiger partial charge in [-0.1, -0.05) is 276 Å². The second kappa shape index (κ2) is 63.6. The molecule has 2 atom stereocenters. The summed E-state index contributed by atoms with van der Waals surface area (Å²) in [6, 6.07) is 0. The summed E-state index contributed by atoms with van der Waals surface area (Å²) in [5.41, 5.74) is 0. The minimum atomic E-state index is -4.41. The molecule has 0 aromatic carbocycles. The number of allylic oxidation sites excluding steroid dienone is 22. The standard InChI is InChI=1S/C74H126NO8P/c1-6-8-10-12-14-16-18-20-22-24-26-28-30-32-34-35-36-37-38-39-41-43-45-47-49-51-53-55-57-59-61-63-65-67-74(77)83-72(71-82-84(78,79)81-69-68-75(3,4)5)70-80-73(76)66-64-62-60-58-56-54-52-50-48-46-44-42-40-33-31-29-27-25-23-21-19-17-15-13-11-9-7-2/h8,10,14,16,19-22,25-28,32,34,36-37,39,41,45,47,51,53,72H,6-7,9,11-13,15,17-18,23-24,29-31,33,35,38,40,42-44,46,48-50,52,54-71H2,1-5H3/p+1/b10-8-,16-14-,21-19-,22-20-,27-25-,28-26-,34-32-,37-36-,41-39-,47-45-,53-51-. The summed E-state index contributed by atoms with van der Waals surface area (Å²) in [4.78, 5) is 35.8. The van der Waals surface area contributed by atoms with E-state index < -0.39 is 26.5 Å². The Bertz CT molecular complexity index is 1880. The molecule has 10 heteroatoms.